The summed E-state index contributed by atoms with van der Waals surface area (Å²) in [7, 11) is 0. The first-order valence-corrected chi connectivity index (χ1v) is 7.43. The number of aryl methyl sites for hydroxylation is 2. The van der Waals surface area contributed by atoms with Gasteiger partial charge in [-0.1, -0.05) is 18.2 Å². The monoisotopic (exact) mass is 308 g/mol. The molecule has 0 atom stereocenters. The molecule has 0 saturated heterocycles. The van der Waals surface area contributed by atoms with Crippen molar-refractivity contribution in [3.05, 3.63) is 59.4 Å². The zero-order valence-corrected chi connectivity index (χ0v) is 13.2. The van der Waals surface area contributed by atoms with E-state index in [9.17, 15) is 4.79 Å². The summed E-state index contributed by atoms with van der Waals surface area (Å²) in [5.74, 6) is 0.680. The molecule has 23 heavy (non-hydrogen) atoms. The second kappa shape index (κ2) is 6.48. The molecule has 6 heteroatoms. The number of H-pyrrole nitrogens is 1. The van der Waals surface area contributed by atoms with Crippen LogP contribution in [0.25, 0.3) is 11.4 Å². The molecule has 2 aromatic heterocycles. The lowest BCUT2D eigenvalue weighted by Gasteiger charge is -2.07. The molecule has 0 fully saturated rings. The molecule has 0 aliphatic carbocycles. The number of tetrazole rings is 1. The lowest BCUT2D eigenvalue weighted by Crippen LogP contribution is -2.38. The van der Waals surface area contributed by atoms with E-state index in [-0.39, 0.29) is 5.78 Å². The maximum Gasteiger partial charge on any atom is 0.210 e. The van der Waals surface area contributed by atoms with E-state index in [1.54, 1.807) is 0 Å². The van der Waals surface area contributed by atoms with E-state index < -0.39 is 0 Å². The fraction of sp³-hybridized carbons (Fsp3) is 0.235. The van der Waals surface area contributed by atoms with Crippen LogP contribution in [-0.4, -0.2) is 26.4 Å². The molecule has 0 amide bonds. The Labute approximate surface area is 134 Å². The normalized spacial score (nSPS) is 10.7. The van der Waals surface area contributed by atoms with Crippen LogP contribution in [0.1, 0.15) is 16.7 Å². The van der Waals surface area contributed by atoms with Gasteiger partial charge in [0.15, 0.2) is 12.4 Å². The largest absolute Gasteiger partial charge is 0.292 e. The van der Waals surface area contributed by atoms with Crippen LogP contribution in [0, 0.1) is 13.8 Å². The van der Waals surface area contributed by atoms with Crippen molar-refractivity contribution in [3.8, 4) is 11.4 Å². The fourth-order valence-corrected chi connectivity index (χ4v) is 2.62. The SMILES string of the molecule is Cc1cccc(C)c1CC(=O)C[n+]1cccc(-c2nn[nH]n2)c1. The number of ketones is 1. The van der Waals surface area contributed by atoms with E-state index in [0.29, 0.717) is 18.8 Å². The number of pyridine rings is 1. The van der Waals surface area contributed by atoms with Crippen molar-refractivity contribution >= 4 is 5.78 Å². The Balaban J connectivity index is 1.75. The zero-order chi connectivity index (χ0) is 16.2. The number of nitrogens with one attached hydrogen (secondary N) is 1. The number of aromatic nitrogens is 5. The van der Waals surface area contributed by atoms with Crippen molar-refractivity contribution < 1.29 is 9.36 Å². The minimum atomic E-state index is 0.165. The van der Waals surface area contributed by atoms with Crippen LogP contribution in [0.5, 0.6) is 0 Å². The van der Waals surface area contributed by atoms with E-state index in [0.717, 1.165) is 22.3 Å². The maximum absolute atomic E-state index is 12.4. The zero-order valence-electron chi connectivity index (χ0n) is 13.2. The highest BCUT2D eigenvalue weighted by Gasteiger charge is 2.15. The third-order valence-corrected chi connectivity index (χ3v) is 3.84. The molecule has 0 bridgehead atoms. The van der Waals surface area contributed by atoms with Crippen LogP contribution in [-0.2, 0) is 17.8 Å². The average molecular weight is 308 g/mol. The first-order chi connectivity index (χ1) is 11.1. The standard InChI is InChI=1S/C17H18N5O/c1-12-5-3-6-13(2)16(12)9-15(23)11-22-8-4-7-14(10-22)17-18-20-21-19-17/h3-8,10H,9,11H2,1-2H3,(H,18,19,20,21)/q+1. The van der Waals surface area contributed by atoms with Crippen LogP contribution in [0.3, 0.4) is 0 Å². The molecular weight excluding hydrogens is 290 g/mol. The maximum atomic E-state index is 12.4. The number of carbonyl (C=O) groups excluding carboxylic acids is 1. The quantitative estimate of drug-likeness (QED) is 0.726. The number of hydrogen-bond donors (Lipinski definition) is 1. The summed E-state index contributed by atoms with van der Waals surface area (Å²) < 4.78 is 1.85. The molecule has 3 rings (SSSR count). The van der Waals surface area contributed by atoms with E-state index in [1.807, 2.05) is 61.1 Å². The number of aromatic amines is 1. The molecule has 0 unspecified atom stereocenters. The van der Waals surface area contributed by atoms with Gasteiger partial charge in [0.1, 0.15) is 0 Å². The molecule has 0 aliphatic heterocycles. The third-order valence-electron chi connectivity index (χ3n) is 3.84. The summed E-state index contributed by atoms with van der Waals surface area (Å²) in [5, 5.41) is 13.9. The second-order valence-corrected chi connectivity index (χ2v) is 5.59. The summed E-state index contributed by atoms with van der Waals surface area (Å²) in [5.41, 5.74) is 4.25. The molecule has 1 N–H and O–H groups in total. The first-order valence-electron chi connectivity index (χ1n) is 7.43. The smallest absolute Gasteiger partial charge is 0.210 e. The Morgan fingerprint density at radius 1 is 1.17 bits per heavy atom. The molecule has 0 aliphatic rings. The summed E-state index contributed by atoms with van der Waals surface area (Å²) in [6.07, 6.45) is 4.16. The number of Topliss-reactive ketones (excluding diaryl/α,β-unsaturated/α-hetero) is 1. The molecule has 0 saturated carbocycles. The highest BCUT2D eigenvalue weighted by atomic mass is 16.1. The van der Waals surface area contributed by atoms with E-state index >= 15 is 0 Å². The predicted molar refractivity (Wildman–Crippen MR) is 84.4 cm³/mol. The summed E-state index contributed by atoms with van der Waals surface area (Å²) in [6, 6.07) is 9.86. The molecule has 116 valence electrons. The van der Waals surface area contributed by atoms with Gasteiger partial charge >= 0.3 is 0 Å². The van der Waals surface area contributed by atoms with Crippen molar-refractivity contribution in [2.24, 2.45) is 0 Å². The number of benzene rings is 1. The first kappa shape index (κ1) is 15.0. The number of rotatable bonds is 5. The molecule has 0 spiro atoms. The Morgan fingerprint density at radius 2 is 1.96 bits per heavy atom. The van der Waals surface area contributed by atoms with Gasteiger partial charge in [0.2, 0.25) is 18.2 Å². The van der Waals surface area contributed by atoms with Crippen molar-refractivity contribution in [2.45, 2.75) is 26.8 Å². The molecule has 1 aromatic carbocycles. The third kappa shape index (κ3) is 3.48. The Hall–Kier alpha value is -2.89. The number of carbonyl (C=O) groups is 1. The van der Waals surface area contributed by atoms with Gasteiger partial charge < -0.3 is 0 Å². The molecular formula is C17H18N5O+. The van der Waals surface area contributed by atoms with Crippen molar-refractivity contribution in [3.63, 3.8) is 0 Å². The Kier molecular flexibility index (Phi) is 4.23. The number of nitrogens with zero attached hydrogens (tertiary/aromatic N) is 4. The van der Waals surface area contributed by atoms with Crippen LogP contribution < -0.4 is 4.57 Å². The summed E-state index contributed by atoms with van der Waals surface area (Å²) in [6.45, 7) is 4.40. The van der Waals surface area contributed by atoms with Crippen molar-refractivity contribution in [2.75, 3.05) is 0 Å². The van der Waals surface area contributed by atoms with Gasteiger partial charge in [-0.25, -0.2) is 0 Å². The molecule has 0 radical (unpaired) electrons. The van der Waals surface area contributed by atoms with Gasteiger partial charge in [-0.2, -0.15) is 9.78 Å². The fourth-order valence-electron chi connectivity index (χ4n) is 2.62. The second-order valence-electron chi connectivity index (χ2n) is 5.59. The van der Waals surface area contributed by atoms with Crippen LogP contribution >= 0.6 is 0 Å². The van der Waals surface area contributed by atoms with Crippen LogP contribution in [0.2, 0.25) is 0 Å². The minimum Gasteiger partial charge on any atom is -0.292 e. The van der Waals surface area contributed by atoms with Crippen molar-refractivity contribution in [1.29, 1.82) is 0 Å². The van der Waals surface area contributed by atoms with E-state index in [2.05, 4.69) is 20.6 Å². The van der Waals surface area contributed by atoms with Gasteiger partial charge in [-0.15, -0.1) is 10.2 Å². The Morgan fingerprint density at radius 3 is 2.65 bits per heavy atom. The average Bonchev–Trinajstić information content (AvgIpc) is 3.06. The minimum absolute atomic E-state index is 0.165. The highest BCUT2D eigenvalue weighted by molar-refractivity contribution is 5.80. The van der Waals surface area contributed by atoms with Crippen LogP contribution in [0.15, 0.2) is 42.7 Å². The van der Waals surface area contributed by atoms with E-state index in [4.69, 9.17) is 0 Å². The number of hydrogen-bond acceptors (Lipinski definition) is 4. The molecule has 6 nitrogen and oxygen atoms in total. The Bertz CT molecular complexity index is 807. The van der Waals surface area contributed by atoms with Gasteiger partial charge in [0.05, 0.1) is 5.56 Å². The van der Waals surface area contributed by atoms with Crippen LogP contribution in [0.4, 0.5) is 0 Å². The lowest BCUT2D eigenvalue weighted by molar-refractivity contribution is -0.683. The summed E-state index contributed by atoms with van der Waals surface area (Å²) >= 11 is 0. The van der Waals surface area contributed by atoms with Gasteiger partial charge in [0.25, 0.3) is 0 Å². The predicted octanol–water partition coefficient (Wildman–Crippen LogP) is 1.58. The van der Waals surface area contributed by atoms with Gasteiger partial charge in [-0.3, -0.25) is 4.79 Å². The molecule has 3 aromatic rings. The lowest BCUT2D eigenvalue weighted by atomic mass is 9.98. The van der Waals surface area contributed by atoms with Gasteiger partial charge in [-0.05, 0) is 41.8 Å². The molecule has 2 heterocycles. The summed E-state index contributed by atoms with van der Waals surface area (Å²) in [4.78, 5) is 12.4. The van der Waals surface area contributed by atoms with Gasteiger partial charge in [0, 0.05) is 12.5 Å². The van der Waals surface area contributed by atoms with E-state index in [1.165, 1.54) is 0 Å². The highest BCUT2D eigenvalue weighted by Crippen LogP contribution is 2.14. The van der Waals surface area contributed by atoms with Crippen molar-refractivity contribution in [1.82, 2.24) is 20.6 Å². The topological polar surface area (TPSA) is 75.4 Å².